The molecule has 88 valence electrons. The standard InChI is InChI=1S/C14H14O3/c1-10(15)17-9-11-3-4-13-8-14(16-2)6-5-12(13)7-11/h3-8H,9H2,1-2H3. The average Bonchev–Trinajstić information content (AvgIpc) is 2.35. The third-order valence-corrected chi connectivity index (χ3v) is 2.55. The van der Waals surface area contributed by atoms with Gasteiger partial charge in [0.15, 0.2) is 0 Å². The van der Waals surface area contributed by atoms with Crippen molar-refractivity contribution in [2.45, 2.75) is 13.5 Å². The van der Waals surface area contributed by atoms with Crippen LogP contribution < -0.4 is 4.74 Å². The van der Waals surface area contributed by atoms with Crippen molar-refractivity contribution in [3.8, 4) is 5.75 Å². The van der Waals surface area contributed by atoms with Gasteiger partial charge in [-0.05, 0) is 34.5 Å². The topological polar surface area (TPSA) is 35.5 Å². The smallest absolute Gasteiger partial charge is 0.302 e. The number of hydrogen-bond donors (Lipinski definition) is 0. The minimum atomic E-state index is -0.264. The van der Waals surface area contributed by atoms with Gasteiger partial charge in [0.25, 0.3) is 0 Å². The molecule has 17 heavy (non-hydrogen) atoms. The Morgan fingerprint density at radius 3 is 2.53 bits per heavy atom. The van der Waals surface area contributed by atoms with Crippen molar-refractivity contribution in [2.75, 3.05) is 7.11 Å². The Labute approximate surface area is 100.0 Å². The van der Waals surface area contributed by atoms with Crippen LogP contribution in [0.4, 0.5) is 0 Å². The number of benzene rings is 2. The summed E-state index contributed by atoms with van der Waals surface area (Å²) in [5.41, 5.74) is 0.984. The molecule has 2 aromatic carbocycles. The Bertz CT molecular complexity index is 546. The Balaban J connectivity index is 2.28. The summed E-state index contributed by atoms with van der Waals surface area (Å²) in [5.74, 6) is 0.574. The van der Waals surface area contributed by atoms with Crippen LogP contribution >= 0.6 is 0 Å². The lowest BCUT2D eigenvalue weighted by Gasteiger charge is -2.05. The highest BCUT2D eigenvalue weighted by Crippen LogP contribution is 2.22. The third kappa shape index (κ3) is 2.75. The lowest BCUT2D eigenvalue weighted by Crippen LogP contribution is -1.98. The molecule has 2 rings (SSSR count). The first-order chi connectivity index (χ1) is 8.19. The van der Waals surface area contributed by atoms with Crippen LogP contribution in [0.3, 0.4) is 0 Å². The molecular formula is C14H14O3. The van der Waals surface area contributed by atoms with Gasteiger partial charge < -0.3 is 9.47 Å². The third-order valence-electron chi connectivity index (χ3n) is 2.55. The van der Waals surface area contributed by atoms with Crippen molar-refractivity contribution in [1.29, 1.82) is 0 Å². The average molecular weight is 230 g/mol. The molecule has 0 fully saturated rings. The first-order valence-electron chi connectivity index (χ1n) is 5.39. The first-order valence-corrected chi connectivity index (χ1v) is 5.39. The minimum absolute atomic E-state index is 0.264. The van der Waals surface area contributed by atoms with Gasteiger partial charge in [0.2, 0.25) is 0 Å². The van der Waals surface area contributed by atoms with E-state index in [0.717, 1.165) is 22.1 Å². The lowest BCUT2D eigenvalue weighted by atomic mass is 10.1. The summed E-state index contributed by atoms with van der Waals surface area (Å²) in [4.78, 5) is 10.7. The number of esters is 1. The van der Waals surface area contributed by atoms with Gasteiger partial charge in [0.1, 0.15) is 12.4 Å². The normalized spacial score (nSPS) is 10.2. The molecule has 0 bridgehead atoms. The van der Waals surface area contributed by atoms with Crippen molar-refractivity contribution in [1.82, 2.24) is 0 Å². The van der Waals surface area contributed by atoms with Crippen molar-refractivity contribution < 1.29 is 14.3 Å². The molecule has 3 heteroatoms. The summed E-state index contributed by atoms with van der Waals surface area (Å²) in [6.45, 7) is 1.73. The summed E-state index contributed by atoms with van der Waals surface area (Å²) in [6, 6.07) is 11.8. The van der Waals surface area contributed by atoms with E-state index < -0.39 is 0 Å². The summed E-state index contributed by atoms with van der Waals surface area (Å²) >= 11 is 0. The molecule has 0 N–H and O–H groups in total. The van der Waals surface area contributed by atoms with E-state index in [1.807, 2.05) is 36.4 Å². The molecule has 0 aliphatic rings. The fourth-order valence-corrected chi connectivity index (χ4v) is 1.68. The van der Waals surface area contributed by atoms with E-state index in [4.69, 9.17) is 9.47 Å². The second kappa shape index (κ2) is 4.87. The molecule has 2 aromatic rings. The number of fused-ring (bicyclic) bond motifs is 1. The van der Waals surface area contributed by atoms with Gasteiger partial charge >= 0.3 is 5.97 Å². The van der Waals surface area contributed by atoms with Crippen LogP contribution in [-0.2, 0) is 16.1 Å². The largest absolute Gasteiger partial charge is 0.497 e. The summed E-state index contributed by atoms with van der Waals surface area (Å²) < 4.78 is 10.1. The van der Waals surface area contributed by atoms with Crippen molar-refractivity contribution >= 4 is 16.7 Å². The van der Waals surface area contributed by atoms with Crippen LogP contribution in [0.15, 0.2) is 36.4 Å². The van der Waals surface area contributed by atoms with E-state index >= 15 is 0 Å². The van der Waals surface area contributed by atoms with E-state index in [-0.39, 0.29) is 5.97 Å². The van der Waals surface area contributed by atoms with Crippen molar-refractivity contribution in [2.24, 2.45) is 0 Å². The molecule has 0 saturated heterocycles. The van der Waals surface area contributed by atoms with E-state index in [1.54, 1.807) is 7.11 Å². The quantitative estimate of drug-likeness (QED) is 0.760. The second-order valence-electron chi connectivity index (χ2n) is 3.83. The van der Waals surface area contributed by atoms with Gasteiger partial charge in [-0.15, -0.1) is 0 Å². The molecule has 0 saturated carbocycles. The fourth-order valence-electron chi connectivity index (χ4n) is 1.68. The lowest BCUT2D eigenvalue weighted by molar-refractivity contribution is -0.142. The predicted molar refractivity (Wildman–Crippen MR) is 66.0 cm³/mol. The maximum absolute atomic E-state index is 10.7. The van der Waals surface area contributed by atoms with Crippen LogP contribution in [0, 0.1) is 0 Å². The number of carbonyl (C=O) groups is 1. The Kier molecular flexibility index (Phi) is 3.28. The SMILES string of the molecule is COc1ccc2cc(COC(C)=O)ccc2c1. The summed E-state index contributed by atoms with van der Waals surface area (Å²) in [5, 5.41) is 2.21. The van der Waals surface area contributed by atoms with E-state index in [9.17, 15) is 4.79 Å². The number of ether oxygens (including phenoxy) is 2. The van der Waals surface area contributed by atoms with Gasteiger partial charge in [-0.3, -0.25) is 4.79 Å². The summed E-state index contributed by atoms with van der Waals surface area (Å²) in [6.07, 6.45) is 0. The van der Waals surface area contributed by atoms with Crippen LogP contribution in [-0.4, -0.2) is 13.1 Å². The van der Waals surface area contributed by atoms with Crippen LogP contribution in [0.25, 0.3) is 10.8 Å². The predicted octanol–water partition coefficient (Wildman–Crippen LogP) is 2.91. The molecule has 0 heterocycles. The zero-order chi connectivity index (χ0) is 12.3. The molecule has 3 nitrogen and oxygen atoms in total. The highest BCUT2D eigenvalue weighted by atomic mass is 16.5. The molecule has 0 aliphatic heterocycles. The second-order valence-corrected chi connectivity index (χ2v) is 3.83. The van der Waals surface area contributed by atoms with Crippen molar-refractivity contribution in [3.63, 3.8) is 0 Å². The monoisotopic (exact) mass is 230 g/mol. The van der Waals surface area contributed by atoms with Gasteiger partial charge in [-0.25, -0.2) is 0 Å². The molecule has 0 atom stereocenters. The Morgan fingerprint density at radius 1 is 1.12 bits per heavy atom. The highest BCUT2D eigenvalue weighted by molar-refractivity contribution is 5.84. The van der Waals surface area contributed by atoms with E-state index in [2.05, 4.69) is 0 Å². The summed E-state index contributed by atoms with van der Waals surface area (Å²) in [7, 11) is 1.65. The maximum atomic E-state index is 10.7. The van der Waals surface area contributed by atoms with Gasteiger partial charge in [0.05, 0.1) is 7.11 Å². The van der Waals surface area contributed by atoms with Crippen LogP contribution in [0.1, 0.15) is 12.5 Å². The Hall–Kier alpha value is -2.03. The zero-order valence-corrected chi connectivity index (χ0v) is 9.90. The number of carbonyl (C=O) groups excluding carboxylic acids is 1. The molecule has 0 aliphatic carbocycles. The Morgan fingerprint density at radius 2 is 1.82 bits per heavy atom. The fraction of sp³-hybridized carbons (Fsp3) is 0.214. The molecule has 0 unspecified atom stereocenters. The number of rotatable bonds is 3. The molecule has 0 amide bonds. The van der Waals surface area contributed by atoms with E-state index in [0.29, 0.717) is 6.61 Å². The van der Waals surface area contributed by atoms with E-state index in [1.165, 1.54) is 6.92 Å². The number of methoxy groups -OCH3 is 1. The van der Waals surface area contributed by atoms with Crippen molar-refractivity contribution in [3.05, 3.63) is 42.0 Å². The minimum Gasteiger partial charge on any atom is -0.497 e. The molecular weight excluding hydrogens is 216 g/mol. The zero-order valence-electron chi connectivity index (χ0n) is 9.90. The van der Waals surface area contributed by atoms with Crippen LogP contribution in [0.2, 0.25) is 0 Å². The first kappa shape index (κ1) is 11.5. The molecule has 0 aromatic heterocycles. The highest BCUT2D eigenvalue weighted by Gasteiger charge is 2.00. The number of hydrogen-bond acceptors (Lipinski definition) is 3. The molecule has 0 spiro atoms. The van der Waals surface area contributed by atoms with Gasteiger partial charge in [-0.2, -0.15) is 0 Å². The van der Waals surface area contributed by atoms with Gasteiger partial charge in [-0.1, -0.05) is 18.2 Å². The molecule has 0 radical (unpaired) electrons. The van der Waals surface area contributed by atoms with Crippen LogP contribution in [0.5, 0.6) is 5.75 Å². The van der Waals surface area contributed by atoms with Gasteiger partial charge in [0, 0.05) is 6.92 Å². The maximum Gasteiger partial charge on any atom is 0.302 e.